The summed E-state index contributed by atoms with van der Waals surface area (Å²) in [4.78, 5) is 38.9. The molecule has 222 valence electrons. The number of ether oxygens (including phenoxy) is 3. The molecule has 0 aromatic heterocycles. The number of halogens is 1. The van der Waals surface area contributed by atoms with Gasteiger partial charge in [-0.2, -0.15) is 0 Å². The summed E-state index contributed by atoms with van der Waals surface area (Å²) in [6, 6.07) is 22.2. The normalized spacial score (nSPS) is 21.4. The van der Waals surface area contributed by atoms with Gasteiger partial charge in [-0.05, 0) is 75.7 Å². The molecule has 10 heteroatoms. The van der Waals surface area contributed by atoms with Gasteiger partial charge in [-0.25, -0.2) is 4.79 Å². The Morgan fingerprint density at radius 3 is 2.40 bits per heavy atom. The fourth-order valence-electron chi connectivity index (χ4n) is 5.87. The molecule has 3 aromatic rings. The van der Waals surface area contributed by atoms with Gasteiger partial charge in [0, 0.05) is 47.1 Å². The van der Waals surface area contributed by atoms with Crippen molar-refractivity contribution in [2.75, 3.05) is 13.2 Å². The molecular formula is C33H31IN2O7. The highest BCUT2D eigenvalue weighted by molar-refractivity contribution is 14.1. The first-order chi connectivity index (χ1) is 20.8. The van der Waals surface area contributed by atoms with Gasteiger partial charge in [0.1, 0.15) is 18.3 Å². The van der Waals surface area contributed by atoms with E-state index < -0.39 is 30.1 Å². The molecule has 0 radical (unpaired) electrons. The zero-order valence-corrected chi connectivity index (χ0v) is 25.4. The highest BCUT2D eigenvalue weighted by atomic mass is 127. The number of nitrogens with one attached hydrogen (secondary N) is 2. The van der Waals surface area contributed by atoms with Crippen molar-refractivity contribution in [2.24, 2.45) is 0 Å². The van der Waals surface area contributed by atoms with Crippen molar-refractivity contribution >= 4 is 40.4 Å². The number of hydrogen-bond acceptors (Lipinski definition) is 7. The number of hydrogen-bond donors (Lipinski definition) is 3. The largest absolute Gasteiger partial charge is 0.456 e. The Kier molecular flexibility index (Phi) is 8.62. The lowest BCUT2D eigenvalue weighted by Crippen LogP contribution is -2.43. The van der Waals surface area contributed by atoms with Crippen LogP contribution < -0.4 is 10.6 Å². The van der Waals surface area contributed by atoms with E-state index in [4.69, 9.17) is 19.3 Å². The highest BCUT2D eigenvalue weighted by Crippen LogP contribution is 2.45. The Labute approximate surface area is 262 Å². The second-order valence-electron chi connectivity index (χ2n) is 10.9. The van der Waals surface area contributed by atoms with Crippen LogP contribution in [0.1, 0.15) is 43.8 Å². The minimum atomic E-state index is -0.884. The zero-order chi connectivity index (χ0) is 30.0. The topological polar surface area (TPSA) is 123 Å². The Hall–Kier alpha value is -3.58. The van der Waals surface area contributed by atoms with Crippen molar-refractivity contribution in [2.45, 2.75) is 49.9 Å². The van der Waals surface area contributed by atoms with Crippen LogP contribution >= 0.6 is 22.6 Å². The molecule has 1 spiro atoms. The summed E-state index contributed by atoms with van der Waals surface area (Å²) in [7, 11) is 0. The molecule has 2 amide bonds. The summed E-state index contributed by atoms with van der Waals surface area (Å²) in [5.41, 5.74) is 4.35. The molecule has 0 saturated carbocycles. The number of carbonyl (C=O) groups is 3. The van der Waals surface area contributed by atoms with E-state index in [-0.39, 0.29) is 37.9 Å². The van der Waals surface area contributed by atoms with E-state index in [1.165, 1.54) is 0 Å². The molecule has 3 aromatic carbocycles. The fourth-order valence-corrected chi connectivity index (χ4v) is 6.42. The van der Waals surface area contributed by atoms with E-state index >= 15 is 0 Å². The summed E-state index contributed by atoms with van der Waals surface area (Å²) in [6.45, 7) is 0.196. The predicted molar refractivity (Wildman–Crippen MR) is 165 cm³/mol. The van der Waals surface area contributed by atoms with Crippen molar-refractivity contribution in [3.05, 3.63) is 116 Å². The van der Waals surface area contributed by atoms with Crippen molar-refractivity contribution < 1.29 is 33.7 Å². The standard InChI is InChI=1S/C33H31IN2O7/c34-26-10-4-9-22(14-26)32(40)41-27-15-25(31(39)36-19-20-5-3-8-21(13-20)30(38)35-11-12-37)16-28-29(27)43-33(42-28)17-23-6-1-2-7-24(23)18-33/h1-10,13-14,16,27-29,37H,11-12,15,17-19H2,(H,35,38)(H,36,39)/t27-,28-,29+/m1/s1. The van der Waals surface area contributed by atoms with Crippen molar-refractivity contribution in [3.63, 3.8) is 0 Å². The number of aliphatic hydroxyl groups is 1. The molecular weight excluding hydrogens is 663 g/mol. The van der Waals surface area contributed by atoms with Gasteiger partial charge in [-0.1, -0.05) is 42.5 Å². The van der Waals surface area contributed by atoms with E-state index in [9.17, 15) is 14.4 Å². The molecule has 1 fully saturated rings. The summed E-state index contributed by atoms with van der Waals surface area (Å²) >= 11 is 2.15. The quantitative estimate of drug-likeness (QED) is 0.244. The molecule has 3 N–H and O–H groups in total. The maximum Gasteiger partial charge on any atom is 0.338 e. The van der Waals surface area contributed by atoms with Crippen molar-refractivity contribution in [1.82, 2.24) is 10.6 Å². The number of esters is 1. The molecule has 43 heavy (non-hydrogen) atoms. The third-order valence-electron chi connectivity index (χ3n) is 7.87. The molecule has 9 nitrogen and oxygen atoms in total. The average Bonchev–Trinajstić information content (AvgIpc) is 3.56. The van der Waals surface area contributed by atoms with Gasteiger partial charge < -0.3 is 30.0 Å². The SMILES string of the molecule is O=C(NCc1cccc(C(=O)NCCO)c1)C1=C[C@H]2OC3(Cc4ccccc4C3)O[C@H]2[C@H](OC(=O)c2cccc(I)c2)C1. The number of amides is 2. The number of benzene rings is 3. The fraction of sp³-hybridized carbons (Fsp3) is 0.303. The summed E-state index contributed by atoms with van der Waals surface area (Å²) in [6.07, 6.45) is 1.23. The van der Waals surface area contributed by atoms with Gasteiger partial charge in [-0.15, -0.1) is 0 Å². The minimum absolute atomic E-state index is 0.151. The Morgan fingerprint density at radius 1 is 0.907 bits per heavy atom. The smallest absolute Gasteiger partial charge is 0.338 e. The molecule has 0 bridgehead atoms. The van der Waals surface area contributed by atoms with Gasteiger partial charge in [-0.3, -0.25) is 9.59 Å². The van der Waals surface area contributed by atoms with Crippen LogP contribution in [0.5, 0.6) is 0 Å². The lowest BCUT2D eigenvalue weighted by Gasteiger charge is -2.30. The second kappa shape index (κ2) is 12.6. The van der Waals surface area contributed by atoms with Crippen LogP contribution in [0.4, 0.5) is 0 Å². The van der Waals surface area contributed by atoms with Gasteiger partial charge in [0.2, 0.25) is 5.91 Å². The zero-order valence-electron chi connectivity index (χ0n) is 23.3. The van der Waals surface area contributed by atoms with E-state index in [0.717, 1.165) is 20.3 Å². The second-order valence-corrected chi connectivity index (χ2v) is 12.2. The molecule has 1 saturated heterocycles. The third-order valence-corrected chi connectivity index (χ3v) is 8.54. The molecule has 3 aliphatic rings. The predicted octanol–water partition coefficient (Wildman–Crippen LogP) is 3.46. The Morgan fingerprint density at radius 2 is 1.65 bits per heavy atom. The monoisotopic (exact) mass is 694 g/mol. The summed E-state index contributed by atoms with van der Waals surface area (Å²) < 4.78 is 20.0. The molecule has 2 aliphatic carbocycles. The van der Waals surface area contributed by atoms with E-state index in [1.807, 2.05) is 24.3 Å². The van der Waals surface area contributed by atoms with Gasteiger partial charge in [0.15, 0.2) is 5.79 Å². The number of carbonyl (C=O) groups excluding carboxylic acids is 3. The Balaban J connectivity index is 1.19. The molecule has 1 aliphatic heterocycles. The van der Waals surface area contributed by atoms with Gasteiger partial charge in [0.05, 0.1) is 12.2 Å². The summed E-state index contributed by atoms with van der Waals surface area (Å²) in [5.74, 6) is -1.99. The maximum absolute atomic E-state index is 13.4. The number of aliphatic hydroxyl groups excluding tert-OH is 1. The summed E-state index contributed by atoms with van der Waals surface area (Å²) in [5, 5.41) is 14.5. The lowest BCUT2D eigenvalue weighted by molar-refractivity contribution is -0.172. The number of fused-ring (bicyclic) bond motifs is 2. The van der Waals surface area contributed by atoms with Crippen LogP contribution in [0, 0.1) is 3.57 Å². The van der Waals surface area contributed by atoms with E-state index in [1.54, 1.807) is 42.5 Å². The average molecular weight is 695 g/mol. The lowest BCUT2D eigenvalue weighted by atomic mass is 9.91. The van der Waals surface area contributed by atoms with Crippen molar-refractivity contribution in [3.8, 4) is 0 Å². The maximum atomic E-state index is 13.4. The Bertz CT molecular complexity index is 1560. The first-order valence-electron chi connectivity index (χ1n) is 14.2. The minimum Gasteiger partial charge on any atom is -0.456 e. The molecule has 6 rings (SSSR count). The van der Waals surface area contributed by atoms with Gasteiger partial charge in [0.25, 0.3) is 5.91 Å². The van der Waals surface area contributed by atoms with Crippen LogP contribution in [-0.4, -0.2) is 60.1 Å². The molecule has 1 heterocycles. The van der Waals surface area contributed by atoms with Crippen LogP contribution in [0.2, 0.25) is 0 Å². The first kappa shape index (κ1) is 29.5. The molecule has 0 unspecified atom stereocenters. The van der Waals surface area contributed by atoms with Crippen LogP contribution in [0.15, 0.2) is 84.4 Å². The highest BCUT2D eigenvalue weighted by Gasteiger charge is 2.55. The number of rotatable bonds is 8. The van der Waals surface area contributed by atoms with Crippen LogP contribution in [0.3, 0.4) is 0 Å². The van der Waals surface area contributed by atoms with Gasteiger partial charge >= 0.3 is 5.97 Å². The van der Waals surface area contributed by atoms with Crippen LogP contribution in [-0.2, 0) is 38.4 Å². The third kappa shape index (κ3) is 6.52. The van der Waals surface area contributed by atoms with E-state index in [0.29, 0.717) is 29.5 Å². The molecule has 3 atom stereocenters. The first-order valence-corrected chi connectivity index (χ1v) is 15.3. The van der Waals surface area contributed by atoms with Crippen molar-refractivity contribution in [1.29, 1.82) is 0 Å². The van der Waals surface area contributed by atoms with E-state index in [2.05, 4.69) is 45.4 Å². The van der Waals surface area contributed by atoms with Crippen LogP contribution in [0.25, 0.3) is 0 Å².